The zero-order valence-corrected chi connectivity index (χ0v) is 10.3. The number of rotatable bonds is 5. The molecule has 16 heavy (non-hydrogen) atoms. The van der Waals surface area contributed by atoms with E-state index in [4.69, 9.17) is 10.5 Å². The molecule has 0 aliphatic carbocycles. The lowest BCUT2D eigenvalue weighted by Gasteiger charge is -2.12. The SMILES string of the molecule is COc1cccc(C(N)CCS(C)(=O)=O)c1. The van der Waals surface area contributed by atoms with Crippen LogP contribution in [0.25, 0.3) is 0 Å². The minimum atomic E-state index is -2.95. The Morgan fingerprint density at radius 2 is 2.12 bits per heavy atom. The molecule has 1 rings (SSSR count). The van der Waals surface area contributed by atoms with Gasteiger partial charge in [-0.05, 0) is 24.1 Å². The first-order valence-corrected chi connectivity index (χ1v) is 7.05. The minimum absolute atomic E-state index is 0.103. The van der Waals surface area contributed by atoms with E-state index in [0.29, 0.717) is 6.42 Å². The highest BCUT2D eigenvalue weighted by Crippen LogP contribution is 2.19. The number of sulfone groups is 1. The van der Waals surface area contributed by atoms with Crippen LogP contribution in [0.4, 0.5) is 0 Å². The first-order chi connectivity index (χ1) is 7.42. The van der Waals surface area contributed by atoms with E-state index in [0.717, 1.165) is 11.3 Å². The summed E-state index contributed by atoms with van der Waals surface area (Å²) in [6.07, 6.45) is 1.64. The third kappa shape index (κ3) is 4.20. The summed E-state index contributed by atoms with van der Waals surface area (Å²) in [5, 5.41) is 0. The predicted octanol–water partition coefficient (Wildman–Crippen LogP) is 1.13. The van der Waals surface area contributed by atoms with Crippen LogP contribution < -0.4 is 10.5 Å². The molecule has 1 unspecified atom stereocenters. The summed E-state index contributed by atoms with van der Waals surface area (Å²) in [6.45, 7) is 0. The van der Waals surface area contributed by atoms with Crippen molar-refractivity contribution in [2.75, 3.05) is 19.1 Å². The molecule has 4 nitrogen and oxygen atoms in total. The second-order valence-electron chi connectivity index (χ2n) is 3.80. The van der Waals surface area contributed by atoms with Gasteiger partial charge in [-0.15, -0.1) is 0 Å². The molecule has 0 spiro atoms. The fraction of sp³-hybridized carbons (Fsp3) is 0.455. The Morgan fingerprint density at radius 3 is 2.69 bits per heavy atom. The van der Waals surface area contributed by atoms with Crippen LogP contribution in [-0.4, -0.2) is 27.5 Å². The number of nitrogens with two attached hydrogens (primary N) is 1. The molecule has 1 aromatic carbocycles. The van der Waals surface area contributed by atoms with Gasteiger partial charge in [-0.1, -0.05) is 12.1 Å². The van der Waals surface area contributed by atoms with E-state index in [1.165, 1.54) is 6.26 Å². The topological polar surface area (TPSA) is 69.4 Å². The molecule has 0 aromatic heterocycles. The summed E-state index contributed by atoms with van der Waals surface area (Å²) in [6, 6.07) is 7.09. The maximum atomic E-state index is 11.0. The lowest BCUT2D eigenvalue weighted by atomic mass is 10.1. The van der Waals surface area contributed by atoms with Crippen LogP contribution in [0.3, 0.4) is 0 Å². The van der Waals surface area contributed by atoms with Crippen LogP contribution in [0.2, 0.25) is 0 Å². The second-order valence-corrected chi connectivity index (χ2v) is 6.06. The molecule has 0 aliphatic heterocycles. The maximum absolute atomic E-state index is 11.0. The van der Waals surface area contributed by atoms with Crippen molar-refractivity contribution >= 4 is 9.84 Å². The minimum Gasteiger partial charge on any atom is -0.497 e. The Hall–Kier alpha value is -1.07. The molecule has 0 radical (unpaired) electrons. The van der Waals surface area contributed by atoms with Crippen molar-refractivity contribution < 1.29 is 13.2 Å². The van der Waals surface area contributed by atoms with E-state index >= 15 is 0 Å². The number of hydrogen-bond donors (Lipinski definition) is 1. The Bertz CT molecular complexity index is 442. The first kappa shape index (κ1) is 13.0. The number of ether oxygens (including phenoxy) is 1. The highest BCUT2D eigenvalue weighted by molar-refractivity contribution is 7.90. The van der Waals surface area contributed by atoms with Gasteiger partial charge < -0.3 is 10.5 Å². The molecule has 0 saturated heterocycles. The van der Waals surface area contributed by atoms with E-state index in [9.17, 15) is 8.42 Å². The van der Waals surface area contributed by atoms with E-state index in [-0.39, 0.29) is 11.8 Å². The number of hydrogen-bond acceptors (Lipinski definition) is 4. The van der Waals surface area contributed by atoms with Gasteiger partial charge in [0.1, 0.15) is 15.6 Å². The zero-order chi connectivity index (χ0) is 12.2. The van der Waals surface area contributed by atoms with E-state index < -0.39 is 9.84 Å². The monoisotopic (exact) mass is 243 g/mol. The molecular weight excluding hydrogens is 226 g/mol. The van der Waals surface area contributed by atoms with Crippen molar-refractivity contribution in [3.8, 4) is 5.75 Å². The average molecular weight is 243 g/mol. The van der Waals surface area contributed by atoms with E-state index in [1.807, 2.05) is 24.3 Å². The summed E-state index contributed by atoms with van der Waals surface area (Å²) in [5.74, 6) is 0.832. The summed E-state index contributed by atoms with van der Waals surface area (Å²) in [7, 11) is -1.37. The van der Waals surface area contributed by atoms with Crippen molar-refractivity contribution in [1.29, 1.82) is 0 Å². The molecule has 0 amide bonds. The van der Waals surface area contributed by atoms with Gasteiger partial charge >= 0.3 is 0 Å². The number of methoxy groups -OCH3 is 1. The van der Waals surface area contributed by atoms with Crippen molar-refractivity contribution in [3.63, 3.8) is 0 Å². The quantitative estimate of drug-likeness (QED) is 0.841. The molecule has 0 saturated carbocycles. The lowest BCUT2D eigenvalue weighted by Crippen LogP contribution is -2.15. The van der Waals surface area contributed by atoms with Crippen molar-refractivity contribution in [1.82, 2.24) is 0 Å². The van der Waals surface area contributed by atoms with Crippen LogP contribution in [0.1, 0.15) is 18.0 Å². The van der Waals surface area contributed by atoms with E-state index in [1.54, 1.807) is 7.11 Å². The molecule has 0 aliphatic rings. The fourth-order valence-electron chi connectivity index (χ4n) is 1.38. The Morgan fingerprint density at radius 1 is 1.44 bits per heavy atom. The van der Waals surface area contributed by atoms with Crippen LogP contribution in [-0.2, 0) is 9.84 Å². The molecule has 2 N–H and O–H groups in total. The smallest absolute Gasteiger partial charge is 0.147 e. The van der Waals surface area contributed by atoms with Gasteiger partial charge in [-0.2, -0.15) is 0 Å². The van der Waals surface area contributed by atoms with Crippen LogP contribution in [0, 0.1) is 0 Å². The van der Waals surface area contributed by atoms with Gasteiger partial charge in [0, 0.05) is 12.3 Å². The third-order valence-corrected chi connectivity index (χ3v) is 3.30. The Labute approximate surface area is 96.3 Å². The van der Waals surface area contributed by atoms with Gasteiger partial charge in [-0.25, -0.2) is 8.42 Å². The van der Waals surface area contributed by atoms with Gasteiger partial charge in [0.15, 0.2) is 0 Å². The molecule has 0 heterocycles. The summed E-state index contributed by atoms with van der Waals surface area (Å²) in [5.41, 5.74) is 6.80. The van der Waals surface area contributed by atoms with Crippen LogP contribution in [0.15, 0.2) is 24.3 Å². The summed E-state index contributed by atoms with van der Waals surface area (Å²) < 4.78 is 27.1. The Balaban J connectivity index is 2.69. The summed E-state index contributed by atoms with van der Waals surface area (Å²) in [4.78, 5) is 0. The largest absolute Gasteiger partial charge is 0.497 e. The normalized spacial score (nSPS) is 13.4. The third-order valence-electron chi connectivity index (χ3n) is 2.32. The fourth-order valence-corrected chi connectivity index (χ4v) is 2.06. The molecule has 0 fully saturated rings. The molecule has 90 valence electrons. The highest BCUT2D eigenvalue weighted by Gasteiger charge is 2.10. The van der Waals surface area contributed by atoms with Gasteiger partial charge in [0.2, 0.25) is 0 Å². The molecule has 1 aromatic rings. The van der Waals surface area contributed by atoms with Gasteiger partial charge in [-0.3, -0.25) is 0 Å². The zero-order valence-electron chi connectivity index (χ0n) is 9.51. The van der Waals surface area contributed by atoms with E-state index in [2.05, 4.69) is 0 Å². The Kier molecular flexibility index (Phi) is 4.32. The van der Waals surface area contributed by atoms with Crippen molar-refractivity contribution in [2.24, 2.45) is 5.73 Å². The van der Waals surface area contributed by atoms with Crippen LogP contribution in [0.5, 0.6) is 5.75 Å². The summed E-state index contributed by atoms with van der Waals surface area (Å²) >= 11 is 0. The lowest BCUT2D eigenvalue weighted by molar-refractivity contribution is 0.413. The molecule has 5 heteroatoms. The van der Waals surface area contributed by atoms with Crippen molar-refractivity contribution in [2.45, 2.75) is 12.5 Å². The van der Waals surface area contributed by atoms with Gasteiger partial charge in [0.25, 0.3) is 0 Å². The second kappa shape index (κ2) is 5.32. The highest BCUT2D eigenvalue weighted by atomic mass is 32.2. The predicted molar refractivity (Wildman–Crippen MR) is 64.3 cm³/mol. The van der Waals surface area contributed by atoms with Gasteiger partial charge in [0.05, 0.1) is 12.9 Å². The average Bonchev–Trinajstić information content (AvgIpc) is 2.25. The standard InChI is InChI=1S/C11H17NO3S/c1-15-10-5-3-4-9(8-10)11(12)6-7-16(2,13)14/h3-5,8,11H,6-7,12H2,1-2H3. The molecular formula is C11H17NO3S. The number of benzene rings is 1. The molecule has 0 bridgehead atoms. The van der Waals surface area contributed by atoms with Crippen molar-refractivity contribution in [3.05, 3.63) is 29.8 Å². The molecule has 1 atom stereocenters. The maximum Gasteiger partial charge on any atom is 0.147 e. The van der Waals surface area contributed by atoms with Crippen LogP contribution >= 0.6 is 0 Å². The first-order valence-electron chi connectivity index (χ1n) is 4.99.